The van der Waals surface area contributed by atoms with Gasteiger partial charge in [-0.2, -0.15) is 0 Å². The van der Waals surface area contributed by atoms with Gasteiger partial charge in [0.05, 0.1) is 22.0 Å². The minimum absolute atomic E-state index is 0.102. The Kier molecular flexibility index (Phi) is 6.11. The minimum Gasteiger partial charge on any atom is -0.491 e. The molecule has 100 valence electrons. The van der Waals surface area contributed by atoms with Crippen molar-refractivity contribution >= 4 is 37.8 Å². The molecule has 0 heterocycles. The third kappa shape index (κ3) is 4.96. The van der Waals surface area contributed by atoms with E-state index >= 15 is 0 Å². The van der Waals surface area contributed by atoms with Gasteiger partial charge in [0.1, 0.15) is 5.75 Å². The number of carbonyl (C=O) groups is 1. The summed E-state index contributed by atoms with van der Waals surface area (Å²) in [6.45, 7) is 2.22. The minimum atomic E-state index is -0.379. The van der Waals surface area contributed by atoms with Crippen LogP contribution in [0.1, 0.15) is 18.9 Å². The summed E-state index contributed by atoms with van der Waals surface area (Å²) < 4.78 is 7.17. The van der Waals surface area contributed by atoms with E-state index in [4.69, 9.17) is 16.2 Å². The molecule has 1 rings (SSSR count). The van der Waals surface area contributed by atoms with Crippen molar-refractivity contribution in [3.63, 3.8) is 0 Å². The summed E-state index contributed by atoms with van der Waals surface area (Å²) in [5.41, 5.74) is 11.9. The molecule has 1 amide bonds. The quantitative estimate of drug-likeness (QED) is 0.796. The van der Waals surface area contributed by atoms with E-state index in [9.17, 15) is 4.79 Å². The fraction of sp³-hybridized carbons (Fsp3) is 0.417. The Hall–Kier alpha value is -0.590. The molecule has 0 aromatic heterocycles. The van der Waals surface area contributed by atoms with Gasteiger partial charge in [-0.1, -0.05) is 0 Å². The van der Waals surface area contributed by atoms with E-state index in [0.717, 1.165) is 20.9 Å². The molecular formula is C12H16Br2N2O2. The number of hydrogen-bond donors (Lipinski definition) is 2. The van der Waals surface area contributed by atoms with E-state index in [1.165, 1.54) is 0 Å². The fourth-order valence-electron chi connectivity index (χ4n) is 1.49. The van der Waals surface area contributed by atoms with Gasteiger partial charge in [-0.15, -0.1) is 0 Å². The van der Waals surface area contributed by atoms with Crippen molar-refractivity contribution in [3.05, 3.63) is 26.6 Å². The maximum absolute atomic E-state index is 10.6. The third-order valence-corrected chi connectivity index (χ3v) is 3.39. The Bertz CT molecular complexity index is 413. The zero-order valence-electron chi connectivity index (χ0n) is 10.1. The molecule has 1 aromatic carbocycles. The van der Waals surface area contributed by atoms with Crippen LogP contribution >= 0.6 is 31.9 Å². The van der Waals surface area contributed by atoms with Crippen LogP contribution < -0.4 is 16.2 Å². The lowest BCUT2D eigenvalue weighted by Crippen LogP contribution is -2.18. The number of hydrogen-bond acceptors (Lipinski definition) is 3. The van der Waals surface area contributed by atoms with Gasteiger partial charge in [0.2, 0.25) is 5.91 Å². The van der Waals surface area contributed by atoms with Crippen LogP contribution in [0, 0.1) is 0 Å². The van der Waals surface area contributed by atoms with Crippen molar-refractivity contribution in [3.8, 4) is 5.75 Å². The summed E-state index contributed by atoms with van der Waals surface area (Å²) in [6.07, 6.45) is 0.985. The van der Waals surface area contributed by atoms with Crippen LogP contribution in [-0.2, 0) is 11.2 Å². The first-order valence-electron chi connectivity index (χ1n) is 5.54. The Morgan fingerprint density at radius 3 is 2.39 bits per heavy atom. The summed E-state index contributed by atoms with van der Waals surface area (Å²) in [5.74, 6) is 0.292. The van der Waals surface area contributed by atoms with Crippen LogP contribution in [0.15, 0.2) is 21.1 Å². The largest absolute Gasteiger partial charge is 0.491 e. The van der Waals surface area contributed by atoms with Gasteiger partial charge in [-0.05, 0) is 62.9 Å². The normalized spacial score (nSPS) is 12.2. The lowest BCUT2D eigenvalue weighted by Gasteiger charge is -2.12. The molecule has 0 saturated carbocycles. The maximum Gasteiger partial charge on any atom is 0.220 e. The van der Waals surface area contributed by atoms with Crippen LogP contribution in [0.4, 0.5) is 0 Å². The van der Waals surface area contributed by atoms with Crippen molar-refractivity contribution in [1.82, 2.24) is 0 Å². The molecule has 0 radical (unpaired) electrons. The molecule has 18 heavy (non-hydrogen) atoms. The lowest BCUT2D eigenvalue weighted by atomic mass is 10.1. The summed E-state index contributed by atoms with van der Waals surface area (Å²) in [4.78, 5) is 10.6. The second kappa shape index (κ2) is 7.11. The van der Waals surface area contributed by atoms with Crippen molar-refractivity contribution < 1.29 is 9.53 Å². The topological polar surface area (TPSA) is 78.3 Å². The molecule has 0 aliphatic carbocycles. The standard InChI is InChI=1S/C12H16Br2N2O2/c1-7(15)4-8-5-9(13)12(10(14)6-8)18-3-2-11(16)17/h5-7H,2-4,15H2,1H3,(H2,16,17). The van der Waals surface area contributed by atoms with E-state index in [-0.39, 0.29) is 25.0 Å². The molecule has 1 atom stereocenters. The van der Waals surface area contributed by atoms with Crippen LogP contribution in [0.25, 0.3) is 0 Å². The van der Waals surface area contributed by atoms with Gasteiger partial charge in [0.15, 0.2) is 0 Å². The van der Waals surface area contributed by atoms with Gasteiger partial charge in [0, 0.05) is 6.04 Å². The second-order valence-electron chi connectivity index (χ2n) is 4.13. The number of benzene rings is 1. The number of amides is 1. The number of rotatable bonds is 6. The molecule has 0 fully saturated rings. The molecule has 6 heteroatoms. The van der Waals surface area contributed by atoms with Gasteiger partial charge in [-0.25, -0.2) is 0 Å². The monoisotopic (exact) mass is 378 g/mol. The molecule has 0 bridgehead atoms. The van der Waals surface area contributed by atoms with Crippen LogP contribution in [0.2, 0.25) is 0 Å². The Morgan fingerprint density at radius 2 is 1.94 bits per heavy atom. The Labute approximate surface area is 123 Å². The van der Waals surface area contributed by atoms with Gasteiger partial charge >= 0.3 is 0 Å². The highest BCUT2D eigenvalue weighted by Gasteiger charge is 2.10. The van der Waals surface area contributed by atoms with E-state index < -0.39 is 0 Å². The summed E-state index contributed by atoms with van der Waals surface area (Å²) in [7, 11) is 0. The first-order valence-corrected chi connectivity index (χ1v) is 7.13. The first kappa shape index (κ1) is 15.5. The van der Waals surface area contributed by atoms with E-state index in [2.05, 4.69) is 31.9 Å². The average Bonchev–Trinajstić information content (AvgIpc) is 2.20. The fourth-order valence-corrected chi connectivity index (χ4v) is 3.00. The Balaban J connectivity index is 2.77. The van der Waals surface area contributed by atoms with Gasteiger partial charge in [0.25, 0.3) is 0 Å². The lowest BCUT2D eigenvalue weighted by molar-refractivity contribution is -0.118. The van der Waals surface area contributed by atoms with Crippen molar-refractivity contribution in [2.24, 2.45) is 11.5 Å². The van der Waals surface area contributed by atoms with Crippen molar-refractivity contribution in [2.45, 2.75) is 25.8 Å². The Morgan fingerprint density at radius 1 is 1.39 bits per heavy atom. The van der Waals surface area contributed by atoms with E-state index in [0.29, 0.717) is 5.75 Å². The highest BCUT2D eigenvalue weighted by molar-refractivity contribution is 9.11. The SMILES string of the molecule is CC(N)Cc1cc(Br)c(OCCC(N)=O)c(Br)c1. The average molecular weight is 380 g/mol. The van der Waals surface area contributed by atoms with E-state index in [1.807, 2.05) is 19.1 Å². The maximum atomic E-state index is 10.6. The van der Waals surface area contributed by atoms with Crippen molar-refractivity contribution in [1.29, 1.82) is 0 Å². The number of ether oxygens (including phenoxy) is 1. The second-order valence-corrected chi connectivity index (χ2v) is 5.84. The molecule has 0 spiro atoms. The van der Waals surface area contributed by atoms with Gasteiger partial charge in [-0.3, -0.25) is 4.79 Å². The molecule has 1 aromatic rings. The number of halogens is 2. The zero-order valence-corrected chi connectivity index (χ0v) is 13.3. The number of nitrogens with two attached hydrogens (primary N) is 2. The predicted molar refractivity (Wildman–Crippen MR) is 78.5 cm³/mol. The summed E-state index contributed by atoms with van der Waals surface area (Å²) >= 11 is 6.89. The first-order chi connectivity index (χ1) is 8.40. The van der Waals surface area contributed by atoms with Crippen LogP contribution in [0.5, 0.6) is 5.75 Å². The third-order valence-electron chi connectivity index (χ3n) is 2.21. The molecule has 0 aliphatic heterocycles. The van der Waals surface area contributed by atoms with Crippen LogP contribution in [-0.4, -0.2) is 18.6 Å². The summed E-state index contributed by atoms with van der Waals surface area (Å²) in [6, 6.07) is 4.03. The molecule has 4 nitrogen and oxygen atoms in total. The van der Waals surface area contributed by atoms with E-state index in [1.54, 1.807) is 0 Å². The smallest absolute Gasteiger partial charge is 0.220 e. The highest BCUT2D eigenvalue weighted by Crippen LogP contribution is 2.35. The molecule has 0 saturated heterocycles. The zero-order chi connectivity index (χ0) is 13.7. The van der Waals surface area contributed by atoms with Crippen molar-refractivity contribution in [2.75, 3.05) is 6.61 Å². The molecule has 4 N–H and O–H groups in total. The highest BCUT2D eigenvalue weighted by atomic mass is 79.9. The molecule has 0 aliphatic rings. The predicted octanol–water partition coefficient (Wildman–Crippen LogP) is 2.36. The van der Waals surface area contributed by atoms with Gasteiger partial charge < -0.3 is 16.2 Å². The summed E-state index contributed by atoms with van der Waals surface area (Å²) in [5, 5.41) is 0. The molecular weight excluding hydrogens is 364 g/mol. The molecule has 1 unspecified atom stereocenters. The number of carbonyl (C=O) groups excluding carboxylic acids is 1. The van der Waals surface area contributed by atoms with Crippen LogP contribution in [0.3, 0.4) is 0 Å². The number of primary amides is 1.